The van der Waals surface area contributed by atoms with Gasteiger partial charge in [0.25, 0.3) is 5.56 Å². The van der Waals surface area contributed by atoms with Crippen molar-refractivity contribution in [3.8, 4) is 0 Å². The van der Waals surface area contributed by atoms with Gasteiger partial charge in [0, 0.05) is 17.5 Å². The molecule has 26 heavy (non-hydrogen) atoms. The molecule has 0 aliphatic carbocycles. The molecule has 8 heteroatoms. The molecule has 0 saturated carbocycles. The predicted octanol–water partition coefficient (Wildman–Crippen LogP) is 4.04. The summed E-state index contributed by atoms with van der Waals surface area (Å²) in [5, 5.41) is 0.201. The summed E-state index contributed by atoms with van der Waals surface area (Å²) in [7, 11) is 0. The first kappa shape index (κ1) is 16.7. The molecule has 0 radical (unpaired) electrons. The molecule has 4 aromatic rings. The average Bonchev–Trinajstić information content (AvgIpc) is 2.98. The lowest BCUT2D eigenvalue weighted by Crippen LogP contribution is -2.17. The number of aryl methyl sites for hydroxylation is 1. The second-order valence-corrected chi connectivity index (χ2v) is 6.71. The zero-order valence-electron chi connectivity index (χ0n) is 13.8. The number of para-hydroxylation sites is 2. The molecule has 0 unspecified atom stereocenters. The van der Waals surface area contributed by atoms with Gasteiger partial charge in [0.2, 0.25) is 0 Å². The van der Waals surface area contributed by atoms with Crippen LogP contribution in [-0.2, 0) is 5.75 Å². The molecule has 0 amide bonds. The number of benzene rings is 1. The molecule has 0 aliphatic rings. The number of pyridine rings is 1. The minimum absolute atomic E-state index is 0.189. The number of alkyl halides is 2. The van der Waals surface area contributed by atoms with Gasteiger partial charge in [-0.2, -0.15) is 8.78 Å². The van der Waals surface area contributed by atoms with Crippen molar-refractivity contribution in [2.75, 3.05) is 0 Å². The zero-order chi connectivity index (χ0) is 18.3. The predicted molar refractivity (Wildman–Crippen MR) is 96.7 cm³/mol. The normalized spacial score (nSPS) is 11.7. The summed E-state index contributed by atoms with van der Waals surface area (Å²) in [5.74, 6) is 0.274. The largest absolute Gasteiger partial charge is 0.321 e. The van der Waals surface area contributed by atoms with Crippen molar-refractivity contribution in [2.45, 2.75) is 24.4 Å². The summed E-state index contributed by atoms with van der Waals surface area (Å²) in [4.78, 5) is 21.1. The highest BCUT2D eigenvalue weighted by atomic mass is 32.2. The van der Waals surface area contributed by atoms with E-state index in [1.165, 1.54) is 10.5 Å². The van der Waals surface area contributed by atoms with E-state index in [-0.39, 0.29) is 16.5 Å². The molecular weight excluding hydrogens is 358 g/mol. The standard InChI is InChI=1S/C18H14F2N4OS/c1-11-5-4-8-15-21-12(9-16(25)23(11)15)10-26-18-22-13-6-2-3-7-14(13)24(18)17(19)20/h2-9,17H,10H2,1H3. The van der Waals surface area contributed by atoms with Gasteiger partial charge in [0.15, 0.2) is 5.16 Å². The molecule has 0 fully saturated rings. The number of rotatable bonds is 4. The number of thioether (sulfide) groups is 1. The Morgan fingerprint density at radius 2 is 1.92 bits per heavy atom. The summed E-state index contributed by atoms with van der Waals surface area (Å²) in [6.07, 6.45) is 0. The fourth-order valence-corrected chi connectivity index (χ4v) is 3.79. The molecule has 3 aromatic heterocycles. The zero-order valence-corrected chi connectivity index (χ0v) is 14.6. The number of hydrogen-bond acceptors (Lipinski definition) is 4. The Bertz CT molecular complexity index is 1170. The maximum absolute atomic E-state index is 13.5. The van der Waals surface area contributed by atoms with Gasteiger partial charge >= 0.3 is 6.55 Å². The van der Waals surface area contributed by atoms with Crippen LogP contribution in [0.15, 0.2) is 58.5 Å². The molecule has 5 nitrogen and oxygen atoms in total. The Morgan fingerprint density at radius 1 is 1.12 bits per heavy atom. The molecule has 4 rings (SSSR count). The van der Waals surface area contributed by atoms with E-state index in [2.05, 4.69) is 9.97 Å². The summed E-state index contributed by atoms with van der Waals surface area (Å²) >= 11 is 1.14. The Hall–Kier alpha value is -2.74. The van der Waals surface area contributed by atoms with Crippen molar-refractivity contribution in [3.05, 3.63) is 70.3 Å². The van der Waals surface area contributed by atoms with Crippen LogP contribution in [0.5, 0.6) is 0 Å². The van der Waals surface area contributed by atoms with E-state index in [4.69, 9.17) is 0 Å². The minimum Gasteiger partial charge on any atom is -0.269 e. The van der Waals surface area contributed by atoms with Gasteiger partial charge in [-0.05, 0) is 31.2 Å². The van der Waals surface area contributed by atoms with E-state index in [9.17, 15) is 13.6 Å². The van der Waals surface area contributed by atoms with E-state index >= 15 is 0 Å². The lowest BCUT2D eigenvalue weighted by atomic mass is 10.3. The summed E-state index contributed by atoms with van der Waals surface area (Å²) in [6, 6.07) is 13.6. The quantitative estimate of drug-likeness (QED) is 0.508. The van der Waals surface area contributed by atoms with Crippen molar-refractivity contribution in [3.63, 3.8) is 0 Å². The Kier molecular flexibility index (Phi) is 4.20. The molecule has 0 atom stereocenters. The van der Waals surface area contributed by atoms with Gasteiger partial charge in [0.1, 0.15) is 5.65 Å². The van der Waals surface area contributed by atoms with Crippen LogP contribution in [0.4, 0.5) is 8.78 Å². The van der Waals surface area contributed by atoms with Crippen molar-refractivity contribution in [1.82, 2.24) is 18.9 Å². The van der Waals surface area contributed by atoms with Crippen LogP contribution in [0.2, 0.25) is 0 Å². The van der Waals surface area contributed by atoms with Gasteiger partial charge in [-0.3, -0.25) is 13.8 Å². The van der Waals surface area contributed by atoms with Gasteiger partial charge in [-0.15, -0.1) is 0 Å². The number of imidazole rings is 1. The first-order valence-corrected chi connectivity index (χ1v) is 8.89. The van der Waals surface area contributed by atoms with Crippen LogP contribution in [0.3, 0.4) is 0 Å². The minimum atomic E-state index is -2.69. The van der Waals surface area contributed by atoms with Crippen molar-refractivity contribution < 1.29 is 8.78 Å². The number of fused-ring (bicyclic) bond motifs is 2. The van der Waals surface area contributed by atoms with Crippen molar-refractivity contribution in [1.29, 1.82) is 0 Å². The highest BCUT2D eigenvalue weighted by molar-refractivity contribution is 7.98. The Balaban J connectivity index is 1.70. The topological polar surface area (TPSA) is 52.2 Å². The van der Waals surface area contributed by atoms with E-state index in [1.54, 1.807) is 30.3 Å². The van der Waals surface area contributed by atoms with E-state index in [0.717, 1.165) is 22.0 Å². The molecule has 0 N–H and O–H groups in total. The fraction of sp³-hybridized carbons (Fsp3) is 0.167. The summed E-state index contributed by atoms with van der Waals surface area (Å²) < 4.78 is 29.4. The molecule has 0 bridgehead atoms. The summed E-state index contributed by atoms with van der Waals surface area (Å²) in [5.41, 5.74) is 2.56. The Labute approximate surface area is 151 Å². The molecule has 132 valence electrons. The number of halogens is 2. The molecule has 0 saturated heterocycles. The average molecular weight is 372 g/mol. The molecule has 0 spiro atoms. The monoisotopic (exact) mass is 372 g/mol. The highest BCUT2D eigenvalue weighted by Crippen LogP contribution is 2.30. The Morgan fingerprint density at radius 3 is 2.73 bits per heavy atom. The van der Waals surface area contributed by atoms with Gasteiger partial charge in [-0.25, -0.2) is 9.97 Å². The van der Waals surface area contributed by atoms with E-state index in [0.29, 0.717) is 22.4 Å². The highest BCUT2D eigenvalue weighted by Gasteiger charge is 2.18. The van der Waals surface area contributed by atoms with Crippen LogP contribution in [0, 0.1) is 6.92 Å². The fourth-order valence-electron chi connectivity index (χ4n) is 2.89. The first-order chi connectivity index (χ1) is 12.5. The first-order valence-electron chi connectivity index (χ1n) is 7.91. The number of nitrogens with zero attached hydrogens (tertiary/aromatic N) is 4. The molecule has 0 aliphatic heterocycles. The van der Waals surface area contributed by atoms with E-state index in [1.807, 2.05) is 19.1 Å². The van der Waals surface area contributed by atoms with Crippen LogP contribution in [0.1, 0.15) is 17.9 Å². The third-order valence-corrected chi connectivity index (χ3v) is 5.03. The van der Waals surface area contributed by atoms with Gasteiger partial charge in [0.05, 0.1) is 16.7 Å². The lowest BCUT2D eigenvalue weighted by molar-refractivity contribution is 0.0656. The number of aromatic nitrogens is 4. The third kappa shape index (κ3) is 2.86. The van der Waals surface area contributed by atoms with Crippen LogP contribution in [-0.4, -0.2) is 18.9 Å². The molecule has 3 heterocycles. The van der Waals surface area contributed by atoms with Crippen LogP contribution < -0.4 is 5.56 Å². The second kappa shape index (κ2) is 6.53. The van der Waals surface area contributed by atoms with Crippen LogP contribution in [0.25, 0.3) is 16.7 Å². The maximum atomic E-state index is 13.5. The molecular formula is C18H14F2N4OS. The third-order valence-electron chi connectivity index (χ3n) is 4.04. The maximum Gasteiger partial charge on any atom is 0.321 e. The van der Waals surface area contributed by atoms with Crippen molar-refractivity contribution in [2.24, 2.45) is 0 Å². The smallest absolute Gasteiger partial charge is 0.269 e. The SMILES string of the molecule is Cc1cccc2nc(CSc3nc4ccccc4n3C(F)F)cc(=O)n12. The lowest BCUT2D eigenvalue weighted by Gasteiger charge is -2.08. The van der Waals surface area contributed by atoms with Gasteiger partial charge < -0.3 is 0 Å². The summed E-state index contributed by atoms with van der Waals surface area (Å²) in [6.45, 7) is -0.863. The van der Waals surface area contributed by atoms with Crippen molar-refractivity contribution >= 4 is 28.4 Å². The van der Waals surface area contributed by atoms with Crippen LogP contribution >= 0.6 is 11.8 Å². The second-order valence-electron chi connectivity index (χ2n) is 5.77. The van der Waals surface area contributed by atoms with Gasteiger partial charge in [-0.1, -0.05) is 30.0 Å². The van der Waals surface area contributed by atoms with E-state index < -0.39 is 6.55 Å². The number of hydrogen-bond donors (Lipinski definition) is 0. The molecule has 1 aromatic carbocycles.